The smallest absolute Gasteiger partial charge is 0.306 e. The summed E-state index contributed by atoms with van der Waals surface area (Å²) < 4.78 is 13.5. The highest BCUT2D eigenvalue weighted by molar-refractivity contribution is 5.70. The van der Waals surface area contributed by atoms with E-state index in [2.05, 4.69) is 6.92 Å². The number of carbonyl (C=O) groups is 1. The minimum absolute atomic E-state index is 0.289. The third-order valence-corrected chi connectivity index (χ3v) is 3.68. The molecule has 0 aliphatic heterocycles. The molecule has 0 fully saturated rings. The van der Waals surface area contributed by atoms with Gasteiger partial charge in [0, 0.05) is 0 Å². The molecule has 1 atom stereocenters. The lowest BCUT2D eigenvalue weighted by molar-refractivity contribution is -0.142. The van der Waals surface area contributed by atoms with Crippen molar-refractivity contribution in [3.05, 3.63) is 35.6 Å². The van der Waals surface area contributed by atoms with Crippen LogP contribution in [0.25, 0.3) is 0 Å². The largest absolute Gasteiger partial charge is 0.481 e. The van der Waals surface area contributed by atoms with Crippen molar-refractivity contribution in [1.82, 2.24) is 0 Å². The van der Waals surface area contributed by atoms with Gasteiger partial charge < -0.3 is 5.11 Å². The Kier molecular flexibility index (Phi) is 7.93. The van der Waals surface area contributed by atoms with Gasteiger partial charge in [-0.15, -0.1) is 0 Å². The van der Waals surface area contributed by atoms with Crippen molar-refractivity contribution >= 4 is 5.97 Å². The lowest BCUT2D eigenvalue weighted by Crippen LogP contribution is -2.17. The van der Waals surface area contributed by atoms with E-state index in [9.17, 15) is 14.3 Å². The first-order valence-electron chi connectivity index (χ1n) is 7.61. The van der Waals surface area contributed by atoms with E-state index in [0.29, 0.717) is 12.0 Å². The summed E-state index contributed by atoms with van der Waals surface area (Å²) in [5, 5.41) is 9.24. The summed E-state index contributed by atoms with van der Waals surface area (Å²) >= 11 is 0. The second-order valence-electron chi connectivity index (χ2n) is 5.39. The molecular formula is C17H25FO2. The van der Waals surface area contributed by atoms with Gasteiger partial charge >= 0.3 is 5.97 Å². The molecule has 3 heteroatoms. The van der Waals surface area contributed by atoms with Gasteiger partial charge in [-0.25, -0.2) is 4.39 Å². The van der Waals surface area contributed by atoms with Crippen LogP contribution in [-0.4, -0.2) is 11.1 Å². The zero-order valence-corrected chi connectivity index (χ0v) is 12.3. The minimum atomic E-state index is -0.818. The predicted molar refractivity (Wildman–Crippen MR) is 79.2 cm³/mol. The van der Waals surface area contributed by atoms with Gasteiger partial charge in [0.15, 0.2) is 0 Å². The van der Waals surface area contributed by atoms with Gasteiger partial charge in [0.05, 0.1) is 5.92 Å². The Morgan fingerprint density at radius 3 is 2.45 bits per heavy atom. The summed E-state index contributed by atoms with van der Waals surface area (Å²) in [6, 6.07) is 6.44. The average molecular weight is 280 g/mol. The number of unbranched alkanes of at least 4 members (excludes halogenated alkanes) is 5. The normalized spacial score (nSPS) is 12.3. The van der Waals surface area contributed by atoms with Crippen LogP contribution in [0.5, 0.6) is 0 Å². The Morgan fingerprint density at radius 2 is 1.80 bits per heavy atom. The van der Waals surface area contributed by atoms with Gasteiger partial charge in [0.25, 0.3) is 0 Å². The fraction of sp³-hybridized carbons (Fsp3) is 0.588. The number of carboxylic acid groups (broad SMARTS) is 1. The Balaban J connectivity index is 2.38. The number of halogens is 1. The third-order valence-electron chi connectivity index (χ3n) is 3.68. The highest BCUT2D eigenvalue weighted by atomic mass is 19.1. The summed E-state index contributed by atoms with van der Waals surface area (Å²) in [4.78, 5) is 11.3. The van der Waals surface area contributed by atoms with Gasteiger partial charge in [0.1, 0.15) is 5.82 Å². The molecule has 0 aromatic heterocycles. The maximum Gasteiger partial charge on any atom is 0.306 e. The molecule has 1 aromatic rings. The first kappa shape index (κ1) is 16.7. The van der Waals surface area contributed by atoms with Crippen LogP contribution in [0.15, 0.2) is 24.3 Å². The highest BCUT2D eigenvalue weighted by Crippen LogP contribution is 2.19. The molecule has 20 heavy (non-hydrogen) atoms. The number of hydrogen-bond acceptors (Lipinski definition) is 1. The Labute approximate surface area is 121 Å². The van der Waals surface area contributed by atoms with Crippen LogP contribution >= 0.6 is 0 Å². The molecule has 2 nitrogen and oxygen atoms in total. The maximum atomic E-state index is 13.5. The molecule has 1 N–H and O–H groups in total. The fourth-order valence-electron chi connectivity index (χ4n) is 2.41. The van der Waals surface area contributed by atoms with Crippen LogP contribution < -0.4 is 0 Å². The van der Waals surface area contributed by atoms with Crippen molar-refractivity contribution in [3.8, 4) is 0 Å². The summed E-state index contributed by atoms with van der Waals surface area (Å²) in [5.41, 5.74) is 0.505. The van der Waals surface area contributed by atoms with Crippen molar-refractivity contribution in [1.29, 1.82) is 0 Å². The zero-order valence-electron chi connectivity index (χ0n) is 12.3. The van der Waals surface area contributed by atoms with Gasteiger partial charge in [-0.3, -0.25) is 4.79 Å². The molecule has 0 aliphatic carbocycles. The van der Waals surface area contributed by atoms with Crippen molar-refractivity contribution in [3.63, 3.8) is 0 Å². The lowest BCUT2D eigenvalue weighted by atomic mass is 9.93. The first-order chi connectivity index (χ1) is 9.65. The van der Waals surface area contributed by atoms with E-state index in [-0.39, 0.29) is 12.2 Å². The van der Waals surface area contributed by atoms with E-state index in [1.165, 1.54) is 31.7 Å². The highest BCUT2D eigenvalue weighted by Gasteiger charge is 2.18. The van der Waals surface area contributed by atoms with Crippen molar-refractivity contribution < 1.29 is 14.3 Å². The monoisotopic (exact) mass is 280 g/mol. The summed E-state index contributed by atoms with van der Waals surface area (Å²) in [6.45, 7) is 2.18. The lowest BCUT2D eigenvalue weighted by Gasteiger charge is -2.12. The molecule has 0 radical (unpaired) electrons. The van der Waals surface area contributed by atoms with Crippen LogP contribution in [0.3, 0.4) is 0 Å². The zero-order chi connectivity index (χ0) is 14.8. The summed E-state index contributed by atoms with van der Waals surface area (Å²) in [5.74, 6) is -1.60. The van der Waals surface area contributed by atoms with E-state index in [4.69, 9.17) is 0 Å². The minimum Gasteiger partial charge on any atom is -0.481 e. The molecule has 0 spiro atoms. The molecular weight excluding hydrogens is 255 g/mol. The Bertz CT molecular complexity index is 404. The number of hydrogen-bond donors (Lipinski definition) is 1. The molecule has 0 amide bonds. The number of aliphatic carboxylic acids is 1. The van der Waals surface area contributed by atoms with Gasteiger partial charge in [0.2, 0.25) is 0 Å². The standard InChI is InChI=1S/C17H25FO2/c1-2-3-4-5-6-7-11-15(17(19)20)13-14-10-8-9-12-16(14)18/h8-10,12,15H,2-7,11,13H2,1H3,(H,19,20). The van der Waals surface area contributed by atoms with Crippen LogP contribution in [-0.2, 0) is 11.2 Å². The SMILES string of the molecule is CCCCCCCCC(Cc1ccccc1F)C(=O)O. The Hall–Kier alpha value is -1.38. The van der Waals surface area contributed by atoms with Crippen LogP contribution in [0, 0.1) is 11.7 Å². The topological polar surface area (TPSA) is 37.3 Å². The van der Waals surface area contributed by atoms with E-state index in [1.807, 2.05) is 0 Å². The fourth-order valence-corrected chi connectivity index (χ4v) is 2.41. The van der Waals surface area contributed by atoms with E-state index in [1.54, 1.807) is 18.2 Å². The van der Waals surface area contributed by atoms with E-state index in [0.717, 1.165) is 12.8 Å². The molecule has 0 heterocycles. The molecule has 1 unspecified atom stereocenters. The first-order valence-corrected chi connectivity index (χ1v) is 7.61. The molecule has 112 valence electrons. The number of rotatable bonds is 10. The van der Waals surface area contributed by atoms with Crippen LogP contribution in [0.4, 0.5) is 4.39 Å². The molecule has 0 saturated carbocycles. The van der Waals surface area contributed by atoms with Crippen molar-refractivity contribution in [2.24, 2.45) is 5.92 Å². The van der Waals surface area contributed by atoms with Crippen LogP contribution in [0.1, 0.15) is 57.4 Å². The van der Waals surface area contributed by atoms with E-state index >= 15 is 0 Å². The molecule has 1 aromatic carbocycles. The van der Waals surface area contributed by atoms with E-state index < -0.39 is 11.9 Å². The molecule has 0 aliphatic rings. The van der Waals surface area contributed by atoms with Gasteiger partial charge in [-0.05, 0) is 24.5 Å². The molecule has 0 saturated heterocycles. The third kappa shape index (κ3) is 6.18. The summed E-state index contributed by atoms with van der Waals surface area (Å²) in [7, 11) is 0. The second-order valence-corrected chi connectivity index (χ2v) is 5.39. The van der Waals surface area contributed by atoms with Gasteiger partial charge in [-0.1, -0.05) is 63.6 Å². The Morgan fingerprint density at radius 1 is 1.15 bits per heavy atom. The second kappa shape index (κ2) is 9.51. The maximum absolute atomic E-state index is 13.5. The average Bonchev–Trinajstić information content (AvgIpc) is 2.43. The number of benzene rings is 1. The predicted octanol–water partition coefficient (Wildman–Crippen LogP) is 4.82. The molecule has 1 rings (SSSR count). The van der Waals surface area contributed by atoms with Gasteiger partial charge in [-0.2, -0.15) is 0 Å². The number of carboxylic acids is 1. The quantitative estimate of drug-likeness (QED) is 0.624. The van der Waals surface area contributed by atoms with Crippen LogP contribution in [0.2, 0.25) is 0 Å². The van der Waals surface area contributed by atoms with Crippen molar-refractivity contribution in [2.45, 2.75) is 58.3 Å². The molecule has 0 bridgehead atoms. The summed E-state index contributed by atoms with van der Waals surface area (Å²) in [6.07, 6.45) is 7.76. The van der Waals surface area contributed by atoms with Crippen molar-refractivity contribution in [2.75, 3.05) is 0 Å².